The Labute approximate surface area is 149 Å². The van der Waals surface area contributed by atoms with Crippen LogP contribution < -0.4 is 0 Å². The van der Waals surface area contributed by atoms with Crippen molar-refractivity contribution in [2.75, 3.05) is 0 Å². The summed E-state index contributed by atoms with van der Waals surface area (Å²) in [6.07, 6.45) is 12.1. The smallest absolute Gasteiger partial charge is 0.303 e. The lowest BCUT2D eigenvalue weighted by Crippen LogP contribution is -2.16. The number of carbonyl (C=O) groups is 3. The van der Waals surface area contributed by atoms with Gasteiger partial charge in [0.15, 0.2) is 0 Å². The number of carboxylic acids is 1. The molecule has 0 unspecified atom stereocenters. The Morgan fingerprint density at radius 3 is 2.64 bits per heavy atom. The largest absolute Gasteiger partial charge is 0.481 e. The number of unbranched alkanes of at least 4 members (excludes halogenated alkanes) is 3. The number of carboxylic acid groups (broad SMARTS) is 1. The molecule has 140 valence electrons. The van der Waals surface area contributed by atoms with Crippen molar-refractivity contribution in [3.63, 3.8) is 0 Å². The van der Waals surface area contributed by atoms with Crippen molar-refractivity contribution in [2.24, 2.45) is 11.8 Å². The van der Waals surface area contributed by atoms with Gasteiger partial charge in [0.2, 0.25) is 0 Å². The van der Waals surface area contributed by atoms with Crippen LogP contribution in [0.4, 0.5) is 0 Å². The Kier molecular flexibility index (Phi) is 10.0. The van der Waals surface area contributed by atoms with Crippen molar-refractivity contribution in [2.45, 2.75) is 70.8 Å². The molecule has 1 aliphatic rings. The maximum absolute atomic E-state index is 12.0. The van der Waals surface area contributed by atoms with E-state index in [0.29, 0.717) is 25.7 Å². The third-order valence-electron chi connectivity index (χ3n) is 4.53. The number of aliphatic carboxylic acids is 1. The van der Waals surface area contributed by atoms with E-state index in [1.54, 1.807) is 12.2 Å². The average Bonchev–Trinajstić information content (AvgIpc) is 2.82. The van der Waals surface area contributed by atoms with Crippen LogP contribution >= 0.6 is 0 Å². The van der Waals surface area contributed by atoms with E-state index < -0.39 is 18.0 Å². The van der Waals surface area contributed by atoms with Gasteiger partial charge in [0.25, 0.3) is 0 Å². The quantitative estimate of drug-likeness (QED) is 0.319. The number of carbonyl (C=O) groups excluding carboxylic acids is 2. The highest BCUT2D eigenvalue weighted by atomic mass is 16.4. The lowest BCUT2D eigenvalue weighted by molar-refractivity contribution is -0.137. The number of Topliss-reactive ketones (excluding diaryl/α,β-unsaturated/α-hetero) is 2. The van der Waals surface area contributed by atoms with Gasteiger partial charge in [0, 0.05) is 18.3 Å². The summed E-state index contributed by atoms with van der Waals surface area (Å²) in [5.74, 6) is -1.74. The molecule has 0 saturated heterocycles. The van der Waals surface area contributed by atoms with Gasteiger partial charge in [-0.25, -0.2) is 0 Å². The fourth-order valence-electron chi connectivity index (χ4n) is 3.04. The van der Waals surface area contributed by atoms with E-state index in [-0.39, 0.29) is 30.3 Å². The molecule has 0 amide bonds. The average molecular weight is 350 g/mol. The second-order valence-corrected chi connectivity index (χ2v) is 6.68. The minimum Gasteiger partial charge on any atom is -0.481 e. The van der Waals surface area contributed by atoms with Crippen LogP contribution in [-0.2, 0) is 14.4 Å². The van der Waals surface area contributed by atoms with E-state index in [4.69, 9.17) is 5.11 Å². The molecule has 3 atom stereocenters. The van der Waals surface area contributed by atoms with Crippen LogP contribution in [0.3, 0.4) is 0 Å². The summed E-state index contributed by atoms with van der Waals surface area (Å²) in [6.45, 7) is 2.10. The first kappa shape index (κ1) is 21.3. The highest BCUT2D eigenvalue weighted by Gasteiger charge is 2.38. The van der Waals surface area contributed by atoms with Gasteiger partial charge in [-0.05, 0) is 25.7 Å². The Balaban J connectivity index is 2.49. The highest BCUT2D eigenvalue weighted by Crippen LogP contribution is 2.30. The number of allylic oxidation sites excluding steroid dienone is 3. The van der Waals surface area contributed by atoms with Crippen LogP contribution in [0.5, 0.6) is 0 Å². The lowest BCUT2D eigenvalue weighted by Gasteiger charge is -2.12. The van der Waals surface area contributed by atoms with E-state index in [1.807, 2.05) is 12.2 Å². The van der Waals surface area contributed by atoms with Crippen molar-refractivity contribution in [1.82, 2.24) is 0 Å². The molecule has 1 fully saturated rings. The van der Waals surface area contributed by atoms with Gasteiger partial charge >= 0.3 is 5.97 Å². The number of rotatable bonds is 12. The lowest BCUT2D eigenvalue weighted by atomic mass is 9.90. The van der Waals surface area contributed by atoms with Crippen molar-refractivity contribution in [3.05, 3.63) is 24.3 Å². The molecule has 0 aromatic rings. The second-order valence-electron chi connectivity index (χ2n) is 6.68. The molecular weight excluding hydrogens is 320 g/mol. The molecule has 0 aromatic heterocycles. The van der Waals surface area contributed by atoms with Gasteiger partial charge in [-0.2, -0.15) is 0 Å². The van der Waals surface area contributed by atoms with Crippen LogP contribution in [0, 0.1) is 11.8 Å². The molecule has 0 spiro atoms. The zero-order valence-electron chi connectivity index (χ0n) is 15.0. The summed E-state index contributed by atoms with van der Waals surface area (Å²) in [7, 11) is 0. The molecule has 0 radical (unpaired) electrons. The van der Waals surface area contributed by atoms with Crippen molar-refractivity contribution < 1.29 is 24.6 Å². The highest BCUT2D eigenvalue weighted by molar-refractivity contribution is 6.09. The molecule has 0 aliphatic heterocycles. The van der Waals surface area contributed by atoms with Crippen LogP contribution in [0.25, 0.3) is 0 Å². The molecule has 2 N–H and O–H groups in total. The third kappa shape index (κ3) is 8.25. The molecular formula is C20H30O5. The Morgan fingerprint density at radius 1 is 1.20 bits per heavy atom. The summed E-state index contributed by atoms with van der Waals surface area (Å²) in [5.41, 5.74) is 0. The van der Waals surface area contributed by atoms with E-state index >= 15 is 0 Å². The molecule has 1 rings (SSSR count). The Hall–Kier alpha value is -1.75. The number of ketones is 2. The zero-order chi connectivity index (χ0) is 18.7. The van der Waals surface area contributed by atoms with Crippen molar-refractivity contribution >= 4 is 17.5 Å². The summed E-state index contributed by atoms with van der Waals surface area (Å²) < 4.78 is 0. The summed E-state index contributed by atoms with van der Waals surface area (Å²) in [5, 5.41) is 18.5. The molecule has 1 aliphatic carbocycles. The molecule has 1 saturated carbocycles. The molecule has 5 nitrogen and oxygen atoms in total. The first-order chi connectivity index (χ1) is 12.0. The molecule has 0 heterocycles. The normalized spacial score (nSPS) is 22.3. The van der Waals surface area contributed by atoms with Gasteiger partial charge in [-0.15, -0.1) is 0 Å². The minimum absolute atomic E-state index is 0.0293. The molecule has 0 bridgehead atoms. The van der Waals surface area contributed by atoms with Gasteiger partial charge < -0.3 is 10.2 Å². The summed E-state index contributed by atoms with van der Waals surface area (Å²) >= 11 is 0. The fraction of sp³-hybridized carbons (Fsp3) is 0.650. The van der Waals surface area contributed by atoms with E-state index in [0.717, 1.165) is 19.3 Å². The monoisotopic (exact) mass is 350 g/mol. The Morgan fingerprint density at radius 2 is 1.96 bits per heavy atom. The molecule has 25 heavy (non-hydrogen) atoms. The molecule has 5 heteroatoms. The third-order valence-corrected chi connectivity index (χ3v) is 4.53. The van der Waals surface area contributed by atoms with Crippen LogP contribution in [-0.4, -0.2) is 33.9 Å². The second kappa shape index (κ2) is 11.7. The SMILES string of the molecule is CCCCC[C@@H](O)/C=C/[C@H]1C(=O)CC(=O)[C@@H]1C/C=C\CCCC(=O)O. The van der Waals surface area contributed by atoms with Gasteiger partial charge in [0.05, 0.1) is 12.5 Å². The summed E-state index contributed by atoms with van der Waals surface area (Å²) in [4.78, 5) is 34.5. The van der Waals surface area contributed by atoms with E-state index in [9.17, 15) is 19.5 Å². The summed E-state index contributed by atoms with van der Waals surface area (Å²) in [6, 6.07) is 0. The standard InChI is InChI=1S/C20H30O5/c1-2-3-6-9-15(21)12-13-17-16(18(22)14-19(17)23)10-7-4-5-8-11-20(24)25/h4,7,12-13,15-17,21H,2-3,5-6,8-11,14H2,1H3,(H,24,25)/b7-4-,13-12+/t15-,16-,17-/m1/s1. The van der Waals surface area contributed by atoms with Gasteiger partial charge in [0.1, 0.15) is 11.6 Å². The predicted molar refractivity (Wildman–Crippen MR) is 96.1 cm³/mol. The number of aliphatic hydroxyl groups excluding tert-OH is 1. The number of aliphatic hydroxyl groups is 1. The van der Waals surface area contributed by atoms with Crippen LogP contribution in [0.2, 0.25) is 0 Å². The van der Waals surface area contributed by atoms with Crippen molar-refractivity contribution in [1.29, 1.82) is 0 Å². The van der Waals surface area contributed by atoms with E-state index in [1.165, 1.54) is 0 Å². The first-order valence-electron chi connectivity index (χ1n) is 9.24. The number of hydrogen-bond donors (Lipinski definition) is 2. The minimum atomic E-state index is -0.812. The Bertz CT molecular complexity index is 506. The number of hydrogen-bond acceptors (Lipinski definition) is 4. The van der Waals surface area contributed by atoms with Gasteiger partial charge in [-0.1, -0.05) is 50.5 Å². The maximum atomic E-state index is 12.0. The van der Waals surface area contributed by atoms with Crippen molar-refractivity contribution in [3.8, 4) is 0 Å². The van der Waals surface area contributed by atoms with Gasteiger partial charge in [-0.3, -0.25) is 14.4 Å². The zero-order valence-corrected chi connectivity index (χ0v) is 15.0. The maximum Gasteiger partial charge on any atom is 0.303 e. The predicted octanol–water partition coefficient (Wildman–Crippen LogP) is 3.46. The fourth-order valence-corrected chi connectivity index (χ4v) is 3.04. The first-order valence-corrected chi connectivity index (χ1v) is 9.24. The van der Waals surface area contributed by atoms with E-state index in [2.05, 4.69) is 6.92 Å². The van der Waals surface area contributed by atoms with Crippen LogP contribution in [0.1, 0.15) is 64.7 Å². The van der Waals surface area contributed by atoms with Crippen LogP contribution in [0.15, 0.2) is 24.3 Å². The molecule has 0 aromatic carbocycles. The topological polar surface area (TPSA) is 91.7 Å².